The Kier molecular flexibility index (Phi) is 3.41. The number of hydrogen-bond donors (Lipinski definition) is 3. The van der Waals surface area contributed by atoms with E-state index in [-0.39, 0.29) is 0 Å². The van der Waals surface area contributed by atoms with Crippen LogP contribution in [0.25, 0.3) is 11.2 Å². The molecule has 0 aliphatic carbocycles. The smallest absolute Gasteiger partial charge is 0.327 e. The molecule has 6 heteroatoms. The Hall–Kier alpha value is -1.85. The molecule has 0 amide bonds. The number of fused-ring (bicyclic) bond motifs is 1. The molecule has 92 valence electrons. The fraction of sp³-hybridized carbons (Fsp3) is 0.545. The first kappa shape index (κ1) is 11.6. The van der Waals surface area contributed by atoms with Gasteiger partial charge in [-0.2, -0.15) is 0 Å². The van der Waals surface area contributed by atoms with Gasteiger partial charge < -0.3 is 4.98 Å². The largest absolute Gasteiger partial charge is 0.336 e. The van der Waals surface area contributed by atoms with Crippen LogP contribution in [0.2, 0.25) is 0 Å². The summed E-state index contributed by atoms with van der Waals surface area (Å²) in [6.07, 6.45) is 5.39. The summed E-state index contributed by atoms with van der Waals surface area (Å²) in [5, 5.41) is 0. The third kappa shape index (κ3) is 2.64. The minimum atomic E-state index is -0.522. The summed E-state index contributed by atoms with van der Waals surface area (Å²) in [7, 11) is 0. The third-order valence-electron chi connectivity index (χ3n) is 2.71. The van der Waals surface area contributed by atoms with Gasteiger partial charge in [-0.1, -0.05) is 26.2 Å². The summed E-state index contributed by atoms with van der Waals surface area (Å²) in [5.74, 6) is 0.753. The number of rotatable bonds is 5. The molecule has 0 saturated heterocycles. The summed E-state index contributed by atoms with van der Waals surface area (Å²) in [5.41, 5.74) is -0.262. The molecule has 6 nitrogen and oxygen atoms in total. The molecule has 0 saturated carbocycles. The first-order valence-corrected chi connectivity index (χ1v) is 5.92. The van der Waals surface area contributed by atoms with Crippen LogP contribution in [0.4, 0.5) is 0 Å². The summed E-state index contributed by atoms with van der Waals surface area (Å²) < 4.78 is 0. The topological polar surface area (TPSA) is 94.4 Å². The minimum Gasteiger partial charge on any atom is -0.336 e. The Morgan fingerprint density at radius 1 is 1.06 bits per heavy atom. The molecular weight excluding hydrogens is 220 g/mol. The summed E-state index contributed by atoms with van der Waals surface area (Å²) >= 11 is 0. The Labute approximate surface area is 97.5 Å². The average molecular weight is 236 g/mol. The van der Waals surface area contributed by atoms with Crippen molar-refractivity contribution in [2.24, 2.45) is 0 Å². The van der Waals surface area contributed by atoms with Crippen molar-refractivity contribution in [2.75, 3.05) is 0 Å². The van der Waals surface area contributed by atoms with E-state index >= 15 is 0 Å². The molecule has 0 unspecified atom stereocenters. The molecule has 2 aromatic heterocycles. The van der Waals surface area contributed by atoms with Gasteiger partial charge in [0.05, 0.1) is 0 Å². The maximum atomic E-state index is 11.4. The molecule has 17 heavy (non-hydrogen) atoms. The lowest BCUT2D eigenvalue weighted by Gasteiger charge is -1.95. The Bertz CT molecular complexity index is 608. The zero-order valence-electron chi connectivity index (χ0n) is 9.80. The van der Waals surface area contributed by atoms with Crippen LogP contribution in [0.5, 0.6) is 0 Å². The van der Waals surface area contributed by atoms with Gasteiger partial charge in [0.1, 0.15) is 11.3 Å². The lowest BCUT2D eigenvalue weighted by Crippen LogP contribution is -2.21. The molecule has 0 fully saturated rings. The minimum absolute atomic E-state index is 0.337. The third-order valence-corrected chi connectivity index (χ3v) is 2.71. The molecule has 3 N–H and O–H groups in total. The van der Waals surface area contributed by atoms with E-state index in [9.17, 15) is 9.59 Å². The van der Waals surface area contributed by atoms with Crippen molar-refractivity contribution in [1.82, 2.24) is 19.9 Å². The van der Waals surface area contributed by atoms with Crippen LogP contribution >= 0.6 is 0 Å². The van der Waals surface area contributed by atoms with E-state index < -0.39 is 11.2 Å². The molecule has 2 heterocycles. The highest BCUT2D eigenvalue weighted by molar-refractivity contribution is 5.68. The number of H-pyrrole nitrogens is 3. The van der Waals surface area contributed by atoms with Crippen LogP contribution in [0.15, 0.2) is 9.59 Å². The van der Waals surface area contributed by atoms with Crippen molar-refractivity contribution < 1.29 is 0 Å². The highest BCUT2D eigenvalue weighted by atomic mass is 16.2. The lowest BCUT2D eigenvalue weighted by atomic mass is 10.1. The molecule has 0 bridgehead atoms. The zero-order valence-corrected chi connectivity index (χ0v) is 9.80. The summed E-state index contributed by atoms with van der Waals surface area (Å²) in [6.45, 7) is 2.16. The first-order chi connectivity index (χ1) is 8.20. The Balaban J connectivity index is 2.18. The number of aryl methyl sites for hydroxylation is 1. The van der Waals surface area contributed by atoms with E-state index in [0.29, 0.717) is 11.2 Å². The van der Waals surface area contributed by atoms with Crippen LogP contribution in [-0.2, 0) is 6.42 Å². The molecule has 0 aromatic carbocycles. The van der Waals surface area contributed by atoms with E-state index in [2.05, 4.69) is 26.9 Å². The van der Waals surface area contributed by atoms with E-state index in [0.717, 1.165) is 25.1 Å². The second-order valence-corrected chi connectivity index (χ2v) is 4.13. The van der Waals surface area contributed by atoms with Crippen molar-refractivity contribution in [2.45, 2.75) is 39.0 Å². The molecule has 0 radical (unpaired) electrons. The molecule has 0 atom stereocenters. The lowest BCUT2D eigenvalue weighted by molar-refractivity contribution is 0.656. The average Bonchev–Trinajstić information content (AvgIpc) is 2.67. The molecule has 0 spiro atoms. The van der Waals surface area contributed by atoms with Gasteiger partial charge in [-0.05, 0) is 6.42 Å². The van der Waals surface area contributed by atoms with Gasteiger partial charge in [-0.15, -0.1) is 0 Å². The first-order valence-electron chi connectivity index (χ1n) is 5.92. The second-order valence-electron chi connectivity index (χ2n) is 4.13. The highest BCUT2D eigenvalue weighted by Gasteiger charge is 2.06. The van der Waals surface area contributed by atoms with Crippen molar-refractivity contribution >= 4 is 11.2 Å². The van der Waals surface area contributed by atoms with Crippen molar-refractivity contribution in [1.29, 1.82) is 0 Å². The summed E-state index contributed by atoms with van der Waals surface area (Å²) in [4.78, 5) is 34.3. The van der Waals surface area contributed by atoms with Gasteiger partial charge in [0.25, 0.3) is 5.56 Å². The summed E-state index contributed by atoms with van der Waals surface area (Å²) in [6, 6.07) is 0. The predicted molar refractivity (Wildman–Crippen MR) is 65.2 cm³/mol. The number of aromatic amines is 3. The van der Waals surface area contributed by atoms with Gasteiger partial charge in [-0.25, -0.2) is 9.78 Å². The number of nitrogens with zero attached hydrogens (tertiary/aromatic N) is 1. The molecule has 0 aliphatic heterocycles. The van der Waals surface area contributed by atoms with Crippen molar-refractivity contribution in [3.8, 4) is 0 Å². The van der Waals surface area contributed by atoms with E-state index in [1.165, 1.54) is 12.8 Å². The quantitative estimate of drug-likeness (QED) is 0.677. The van der Waals surface area contributed by atoms with Crippen LogP contribution in [0.3, 0.4) is 0 Å². The van der Waals surface area contributed by atoms with Gasteiger partial charge in [0.15, 0.2) is 5.65 Å². The highest BCUT2D eigenvalue weighted by Crippen LogP contribution is 2.07. The molecule has 2 rings (SSSR count). The Morgan fingerprint density at radius 2 is 1.88 bits per heavy atom. The SMILES string of the molecule is CCCCCCc1nc2[nH]c(=O)[nH]c(=O)c2[nH]1. The van der Waals surface area contributed by atoms with E-state index in [4.69, 9.17) is 0 Å². The number of nitrogens with one attached hydrogen (secondary N) is 3. The standard InChI is InChI=1S/C11H16N4O2/c1-2-3-4-5-6-7-12-8-9(13-7)14-11(17)15-10(8)16/h2-6H2,1H3,(H3,12,13,14,15,16,17). The van der Waals surface area contributed by atoms with Gasteiger partial charge in [0, 0.05) is 6.42 Å². The molecule has 2 aromatic rings. The van der Waals surface area contributed by atoms with E-state index in [1.54, 1.807) is 0 Å². The predicted octanol–water partition coefficient (Wildman–Crippen LogP) is 1.06. The van der Waals surface area contributed by atoms with E-state index in [1.807, 2.05) is 0 Å². The van der Waals surface area contributed by atoms with Gasteiger partial charge in [0.2, 0.25) is 0 Å². The van der Waals surface area contributed by atoms with Crippen molar-refractivity contribution in [3.63, 3.8) is 0 Å². The maximum Gasteiger partial charge on any atom is 0.327 e. The maximum absolute atomic E-state index is 11.4. The van der Waals surface area contributed by atoms with Crippen LogP contribution in [0, 0.1) is 0 Å². The van der Waals surface area contributed by atoms with Gasteiger partial charge >= 0.3 is 5.69 Å². The number of imidazole rings is 1. The Morgan fingerprint density at radius 3 is 2.65 bits per heavy atom. The normalized spacial score (nSPS) is 11.1. The van der Waals surface area contributed by atoms with Crippen LogP contribution < -0.4 is 11.2 Å². The monoisotopic (exact) mass is 236 g/mol. The number of hydrogen-bond acceptors (Lipinski definition) is 3. The van der Waals surface area contributed by atoms with Crippen LogP contribution in [0.1, 0.15) is 38.4 Å². The fourth-order valence-electron chi connectivity index (χ4n) is 1.82. The molecule has 0 aliphatic rings. The second kappa shape index (κ2) is 4.99. The van der Waals surface area contributed by atoms with Crippen molar-refractivity contribution in [3.05, 3.63) is 26.7 Å². The van der Waals surface area contributed by atoms with Crippen LogP contribution in [-0.4, -0.2) is 19.9 Å². The number of aromatic nitrogens is 4. The molecular formula is C11H16N4O2. The fourth-order valence-corrected chi connectivity index (χ4v) is 1.82. The zero-order chi connectivity index (χ0) is 12.3. The number of unbranched alkanes of at least 4 members (excludes halogenated alkanes) is 3. The van der Waals surface area contributed by atoms with Gasteiger partial charge in [-0.3, -0.25) is 14.8 Å².